The number of nitrogens with zero attached hydrogens (tertiary/aromatic N) is 3. The maximum atomic E-state index is 13.5. The number of nitrogens with one attached hydrogen (secondary N) is 1. The molecular weight excluding hydrogens is 414 g/mol. The van der Waals surface area contributed by atoms with Gasteiger partial charge < -0.3 is 20.7 Å². The molecule has 0 saturated carbocycles. The van der Waals surface area contributed by atoms with Crippen molar-refractivity contribution in [3.05, 3.63) is 59.7 Å². The minimum atomic E-state index is -2.88. The molecule has 2 aromatic carbocycles. The third-order valence-electron chi connectivity index (χ3n) is 5.50. The van der Waals surface area contributed by atoms with Crippen molar-refractivity contribution in [2.75, 3.05) is 38.2 Å². The van der Waals surface area contributed by atoms with E-state index in [2.05, 4.69) is 10.4 Å². The molecule has 0 bridgehead atoms. The fourth-order valence-corrected chi connectivity index (χ4v) is 3.62. The second-order valence-electron chi connectivity index (χ2n) is 7.98. The predicted molar refractivity (Wildman–Crippen MR) is 124 cm³/mol. The summed E-state index contributed by atoms with van der Waals surface area (Å²) < 4.78 is 32.9. The molecule has 1 aliphatic rings. The number of ether oxygens (including phenoxy) is 1. The molecule has 0 radical (unpaired) electrons. The molecule has 7 nitrogen and oxygen atoms in total. The number of benzene rings is 2. The van der Waals surface area contributed by atoms with Crippen LogP contribution >= 0.6 is 0 Å². The van der Waals surface area contributed by atoms with Gasteiger partial charge in [0.05, 0.1) is 24.9 Å². The first-order chi connectivity index (χ1) is 15.3. The lowest BCUT2D eigenvalue weighted by molar-refractivity contribution is 0.0174. The predicted octanol–water partition coefficient (Wildman–Crippen LogP) is 3.13. The SMILES string of the molecule is CN(c1ccc(C(C)(F)F)cc1)c1ccccc1/C(N)=N/N(N)CCOC1CCNCC1. The van der Waals surface area contributed by atoms with Crippen molar-refractivity contribution >= 4 is 17.2 Å². The Hall–Kier alpha value is -2.75. The molecule has 1 saturated heterocycles. The van der Waals surface area contributed by atoms with Crippen LogP contribution < -0.4 is 21.8 Å². The van der Waals surface area contributed by atoms with Gasteiger partial charge in [-0.2, -0.15) is 0 Å². The van der Waals surface area contributed by atoms with Crippen LogP contribution in [-0.4, -0.2) is 50.3 Å². The number of halogens is 2. The Morgan fingerprint density at radius 2 is 1.81 bits per heavy atom. The molecular formula is C23H32F2N6O. The van der Waals surface area contributed by atoms with E-state index < -0.39 is 5.92 Å². The van der Waals surface area contributed by atoms with Crippen molar-refractivity contribution in [3.8, 4) is 0 Å². The number of anilines is 2. The Bertz CT molecular complexity index is 894. The maximum absolute atomic E-state index is 13.5. The number of para-hydroxylation sites is 1. The summed E-state index contributed by atoms with van der Waals surface area (Å²) in [5, 5.41) is 8.89. The molecule has 1 aliphatic heterocycles. The highest BCUT2D eigenvalue weighted by atomic mass is 19.3. The number of piperidine rings is 1. The first-order valence-corrected chi connectivity index (χ1v) is 10.8. The third kappa shape index (κ3) is 6.38. The number of hydrazine groups is 1. The van der Waals surface area contributed by atoms with Crippen molar-refractivity contribution < 1.29 is 13.5 Å². The molecule has 3 rings (SSSR count). The highest BCUT2D eigenvalue weighted by Gasteiger charge is 2.24. The zero-order valence-corrected chi connectivity index (χ0v) is 18.6. The van der Waals surface area contributed by atoms with Crippen molar-refractivity contribution in [2.24, 2.45) is 16.7 Å². The Morgan fingerprint density at radius 1 is 1.16 bits per heavy atom. The Labute approximate surface area is 188 Å². The lowest BCUT2D eigenvalue weighted by atomic mass is 10.1. The average molecular weight is 447 g/mol. The molecule has 9 heteroatoms. The Balaban J connectivity index is 1.67. The van der Waals surface area contributed by atoms with Crippen LogP contribution in [0.4, 0.5) is 20.2 Å². The van der Waals surface area contributed by atoms with Gasteiger partial charge in [0.15, 0.2) is 5.84 Å². The number of rotatable bonds is 9. The molecule has 5 N–H and O–H groups in total. The number of nitrogens with two attached hydrogens (primary N) is 2. The molecule has 0 amide bonds. The van der Waals surface area contributed by atoms with Gasteiger partial charge in [-0.15, -0.1) is 5.10 Å². The van der Waals surface area contributed by atoms with Crippen LogP contribution in [0.25, 0.3) is 0 Å². The summed E-state index contributed by atoms with van der Waals surface area (Å²) in [7, 11) is 1.85. The van der Waals surface area contributed by atoms with Crippen molar-refractivity contribution in [1.82, 2.24) is 10.4 Å². The van der Waals surface area contributed by atoms with E-state index in [1.54, 1.807) is 12.1 Å². The molecule has 0 aliphatic carbocycles. The number of hydrazone groups is 1. The summed E-state index contributed by atoms with van der Waals surface area (Å²) in [5.74, 6) is 3.39. The zero-order chi connectivity index (χ0) is 23.1. The van der Waals surface area contributed by atoms with Crippen molar-refractivity contribution in [3.63, 3.8) is 0 Å². The van der Waals surface area contributed by atoms with Crippen LogP contribution in [0.15, 0.2) is 53.6 Å². The highest BCUT2D eigenvalue weighted by molar-refractivity contribution is 6.03. The van der Waals surface area contributed by atoms with Crippen LogP contribution in [-0.2, 0) is 10.7 Å². The van der Waals surface area contributed by atoms with Gasteiger partial charge in [-0.25, -0.2) is 19.7 Å². The molecule has 174 valence electrons. The zero-order valence-electron chi connectivity index (χ0n) is 18.6. The molecule has 0 spiro atoms. The standard InChI is InChI=1S/C23H32F2N6O/c1-23(24,25)17-7-9-18(10-8-17)30(2)21-6-4-3-5-20(21)22(26)29-31(27)15-16-32-19-11-13-28-14-12-19/h3-10,19,28H,11-16,27H2,1-2H3,(H2,26,29). The lowest BCUT2D eigenvalue weighted by Crippen LogP contribution is -2.36. The van der Waals surface area contributed by atoms with Crippen LogP contribution in [0.2, 0.25) is 0 Å². The van der Waals surface area contributed by atoms with E-state index in [1.807, 2.05) is 36.2 Å². The number of amidine groups is 1. The molecule has 0 atom stereocenters. The topological polar surface area (TPSA) is 92.1 Å². The number of hydrogen-bond donors (Lipinski definition) is 3. The van der Waals surface area contributed by atoms with Crippen LogP contribution in [0, 0.1) is 0 Å². The summed E-state index contributed by atoms with van der Waals surface area (Å²) in [4.78, 5) is 1.87. The number of hydrogen-bond acceptors (Lipinski definition) is 6. The van der Waals surface area contributed by atoms with Crippen molar-refractivity contribution in [1.29, 1.82) is 0 Å². The van der Waals surface area contributed by atoms with E-state index in [-0.39, 0.29) is 17.5 Å². The normalized spacial score (nSPS) is 15.6. The lowest BCUT2D eigenvalue weighted by Gasteiger charge is -2.24. The largest absolute Gasteiger partial charge is 0.382 e. The quantitative estimate of drug-likeness (QED) is 0.237. The second-order valence-corrected chi connectivity index (χ2v) is 7.98. The first kappa shape index (κ1) is 23.9. The van der Waals surface area contributed by atoms with E-state index in [4.69, 9.17) is 16.3 Å². The Morgan fingerprint density at radius 3 is 2.47 bits per heavy atom. The maximum Gasteiger partial charge on any atom is 0.270 e. The highest BCUT2D eigenvalue weighted by Crippen LogP contribution is 2.31. The summed E-state index contributed by atoms with van der Waals surface area (Å²) in [6, 6.07) is 13.6. The first-order valence-electron chi connectivity index (χ1n) is 10.8. The van der Waals surface area contributed by atoms with Crippen molar-refractivity contribution in [2.45, 2.75) is 31.8 Å². The molecule has 1 fully saturated rings. The van der Waals surface area contributed by atoms with Crippen LogP contribution in [0.1, 0.15) is 30.9 Å². The monoisotopic (exact) mass is 446 g/mol. The fraction of sp³-hybridized carbons (Fsp3) is 0.435. The van der Waals surface area contributed by atoms with E-state index in [1.165, 1.54) is 17.3 Å². The number of alkyl halides is 2. The summed E-state index contributed by atoms with van der Waals surface area (Å²) in [5.41, 5.74) is 8.45. The summed E-state index contributed by atoms with van der Waals surface area (Å²) in [6.45, 7) is 3.70. The van der Waals surface area contributed by atoms with Gasteiger partial charge in [0, 0.05) is 30.8 Å². The summed E-state index contributed by atoms with van der Waals surface area (Å²) in [6.07, 6.45) is 2.23. The molecule has 1 heterocycles. The van der Waals surface area contributed by atoms with Gasteiger partial charge in [0.1, 0.15) is 0 Å². The van der Waals surface area contributed by atoms with Gasteiger partial charge in [-0.05, 0) is 50.2 Å². The van der Waals surface area contributed by atoms with Gasteiger partial charge >= 0.3 is 0 Å². The Kier molecular flexibility index (Phi) is 8.00. The van der Waals surface area contributed by atoms with E-state index >= 15 is 0 Å². The van der Waals surface area contributed by atoms with E-state index in [0.29, 0.717) is 18.7 Å². The van der Waals surface area contributed by atoms with Crippen LogP contribution in [0.3, 0.4) is 0 Å². The molecule has 0 aromatic heterocycles. The smallest absolute Gasteiger partial charge is 0.270 e. The fourth-order valence-electron chi connectivity index (χ4n) is 3.62. The van der Waals surface area contributed by atoms with E-state index in [0.717, 1.165) is 44.2 Å². The minimum absolute atomic E-state index is 0.0329. The molecule has 2 aromatic rings. The summed E-state index contributed by atoms with van der Waals surface area (Å²) >= 11 is 0. The van der Waals surface area contributed by atoms with E-state index in [9.17, 15) is 8.78 Å². The average Bonchev–Trinajstić information content (AvgIpc) is 2.79. The van der Waals surface area contributed by atoms with Crippen LogP contribution in [0.5, 0.6) is 0 Å². The third-order valence-corrected chi connectivity index (χ3v) is 5.50. The second kappa shape index (κ2) is 10.7. The van der Waals surface area contributed by atoms with Gasteiger partial charge in [0.2, 0.25) is 0 Å². The van der Waals surface area contributed by atoms with Gasteiger partial charge in [0.25, 0.3) is 5.92 Å². The molecule has 0 unspecified atom stereocenters. The minimum Gasteiger partial charge on any atom is -0.382 e. The van der Waals surface area contributed by atoms with Gasteiger partial charge in [-0.3, -0.25) is 0 Å². The van der Waals surface area contributed by atoms with Gasteiger partial charge in [-0.1, -0.05) is 24.3 Å². The molecule has 32 heavy (non-hydrogen) atoms.